The van der Waals surface area contributed by atoms with Crippen molar-refractivity contribution in [2.75, 3.05) is 37.0 Å². The standard InChI is InChI=1S/C17H27N3O2S/c1-4-6-7-13-12(3)14(15(18)21)17(23-5-2)19-16(13)20-8-10-22-11-9-20/h4-11H2,1-3H3,(H2,18,21). The highest BCUT2D eigenvalue weighted by Gasteiger charge is 2.24. The van der Waals surface area contributed by atoms with Gasteiger partial charge in [0, 0.05) is 13.1 Å². The van der Waals surface area contributed by atoms with Gasteiger partial charge in [-0.05, 0) is 36.6 Å². The summed E-state index contributed by atoms with van der Waals surface area (Å²) in [6.07, 6.45) is 3.12. The zero-order chi connectivity index (χ0) is 16.8. The van der Waals surface area contributed by atoms with Crippen LogP contribution in [0.1, 0.15) is 48.2 Å². The van der Waals surface area contributed by atoms with Crippen LogP contribution in [-0.2, 0) is 11.2 Å². The van der Waals surface area contributed by atoms with E-state index in [0.717, 1.165) is 67.7 Å². The van der Waals surface area contributed by atoms with E-state index >= 15 is 0 Å². The number of pyridine rings is 1. The molecule has 5 nitrogen and oxygen atoms in total. The molecular weight excluding hydrogens is 310 g/mol. The van der Waals surface area contributed by atoms with E-state index in [1.54, 1.807) is 11.8 Å². The second-order valence-corrected chi connectivity index (χ2v) is 6.97. The zero-order valence-corrected chi connectivity index (χ0v) is 15.2. The third kappa shape index (κ3) is 4.18. The molecule has 2 N–H and O–H groups in total. The lowest BCUT2D eigenvalue weighted by Crippen LogP contribution is -2.38. The molecule has 6 heteroatoms. The lowest BCUT2D eigenvalue weighted by molar-refractivity contribution is 0.0996. The summed E-state index contributed by atoms with van der Waals surface area (Å²) in [5.41, 5.74) is 8.41. The lowest BCUT2D eigenvalue weighted by Gasteiger charge is -2.31. The van der Waals surface area contributed by atoms with Crippen LogP contribution in [0.15, 0.2) is 5.03 Å². The molecule has 0 bridgehead atoms. The van der Waals surface area contributed by atoms with Gasteiger partial charge in [0.15, 0.2) is 0 Å². The smallest absolute Gasteiger partial charge is 0.251 e. The number of hydrogen-bond donors (Lipinski definition) is 1. The van der Waals surface area contributed by atoms with Crippen LogP contribution in [0, 0.1) is 6.92 Å². The van der Waals surface area contributed by atoms with Crippen molar-refractivity contribution in [3.63, 3.8) is 0 Å². The third-order valence-electron chi connectivity index (χ3n) is 4.14. The van der Waals surface area contributed by atoms with Crippen LogP contribution in [0.5, 0.6) is 0 Å². The number of carbonyl (C=O) groups excluding carboxylic acids is 1. The first-order valence-corrected chi connectivity index (χ1v) is 9.37. The first-order chi connectivity index (χ1) is 11.1. The summed E-state index contributed by atoms with van der Waals surface area (Å²) in [6.45, 7) is 9.38. The Hall–Kier alpha value is -1.27. The molecule has 0 saturated carbocycles. The van der Waals surface area contributed by atoms with E-state index in [1.165, 1.54) is 5.56 Å². The minimum Gasteiger partial charge on any atom is -0.378 e. The van der Waals surface area contributed by atoms with Gasteiger partial charge in [-0.15, -0.1) is 11.8 Å². The SMILES string of the molecule is CCCCc1c(N2CCOCC2)nc(SCC)c(C(N)=O)c1C. The molecule has 0 aliphatic carbocycles. The van der Waals surface area contributed by atoms with Gasteiger partial charge in [0.05, 0.1) is 18.8 Å². The number of amides is 1. The van der Waals surface area contributed by atoms with Crippen LogP contribution in [-0.4, -0.2) is 42.9 Å². The van der Waals surface area contributed by atoms with E-state index in [0.29, 0.717) is 5.56 Å². The molecule has 1 amide bonds. The second kappa shape index (κ2) is 8.55. The van der Waals surface area contributed by atoms with Crippen LogP contribution in [0.4, 0.5) is 5.82 Å². The molecule has 0 radical (unpaired) electrons. The number of rotatable bonds is 7. The van der Waals surface area contributed by atoms with Gasteiger partial charge in [-0.3, -0.25) is 4.79 Å². The molecule has 2 rings (SSSR count). The lowest BCUT2D eigenvalue weighted by atomic mass is 9.99. The Morgan fingerprint density at radius 1 is 1.35 bits per heavy atom. The first kappa shape index (κ1) is 18.1. The highest BCUT2D eigenvalue weighted by atomic mass is 32.2. The largest absolute Gasteiger partial charge is 0.378 e. The van der Waals surface area contributed by atoms with Crippen molar-refractivity contribution in [1.29, 1.82) is 0 Å². The number of primary amides is 1. The van der Waals surface area contributed by atoms with Crippen LogP contribution >= 0.6 is 11.8 Å². The van der Waals surface area contributed by atoms with Crippen molar-refractivity contribution in [2.24, 2.45) is 5.73 Å². The molecule has 2 heterocycles. The molecule has 0 spiro atoms. The van der Waals surface area contributed by atoms with E-state index in [4.69, 9.17) is 15.5 Å². The minimum absolute atomic E-state index is 0.378. The molecule has 1 fully saturated rings. The Balaban J connectivity index is 2.53. The van der Waals surface area contributed by atoms with Gasteiger partial charge in [0.25, 0.3) is 5.91 Å². The summed E-state index contributed by atoms with van der Waals surface area (Å²) in [7, 11) is 0. The summed E-state index contributed by atoms with van der Waals surface area (Å²) in [6, 6.07) is 0. The van der Waals surface area contributed by atoms with E-state index in [2.05, 4.69) is 18.7 Å². The number of unbranched alkanes of at least 4 members (excludes halogenated alkanes) is 1. The molecule has 0 atom stereocenters. The van der Waals surface area contributed by atoms with Gasteiger partial charge >= 0.3 is 0 Å². The fourth-order valence-electron chi connectivity index (χ4n) is 2.92. The average Bonchev–Trinajstić information content (AvgIpc) is 2.54. The van der Waals surface area contributed by atoms with Gasteiger partial charge in [-0.25, -0.2) is 4.98 Å². The molecule has 1 saturated heterocycles. The Morgan fingerprint density at radius 2 is 2.04 bits per heavy atom. The number of carbonyl (C=O) groups is 1. The Kier molecular flexibility index (Phi) is 6.72. The van der Waals surface area contributed by atoms with Crippen LogP contribution in [0.2, 0.25) is 0 Å². The molecule has 1 aromatic rings. The molecule has 1 aliphatic heterocycles. The fourth-order valence-corrected chi connectivity index (χ4v) is 3.74. The van der Waals surface area contributed by atoms with Crippen LogP contribution in [0.3, 0.4) is 0 Å². The van der Waals surface area contributed by atoms with Gasteiger partial charge in [-0.1, -0.05) is 20.3 Å². The van der Waals surface area contributed by atoms with Crippen molar-refractivity contribution in [1.82, 2.24) is 4.98 Å². The summed E-state index contributed by atoms with van der Waals surface area (Å²) in [4.78, 5) is 19.1. The normalized spacial score (nSPS) is 15.0. The number of ether oxygens (including phenoxy) is 1. The molecule has 0 unspecified atom stereocenters. The average molecular weight is 337 g/mol. The number of nitrogens with zero attached hydrogens (tertiary/aromatic N) is 2. The maximum Gasteiger partial charge on any atom is 0.251 e. The summed E-state index contributed by atoms with van der Waals surface area (Å²) >= 11 is 1.59. The number of thioether (sulfide) groups is 1. The molecule has 1 aromatic heterocycles. The molecule has 0 aromatic carbocycles. The molecule has 23 heavy (non-hydrogen) atoms. The van der Waals surface area contributed by atoms with Gasteiger partial charge in [0.2, 0.25) is 0 Å². The number of aromatic nitrogens is 1. The van der Waals surface area contributed by atoms with Gasteiger partial charge in [-0.2, -0.15) is 0 Å². The van der Waals surface area contributed by atoms with Crippen LogP contribution < -0.4 is 10.6 Å². The maximum absolute atomic E-state index is 12.0. The third-order valence-corrected chi connectivity index (χ3v) is 4.99. The van der Waals surface area contributed by atoms with Crippen molar-refractivity contribution in [3.05, 3.63) is 16.7 Å². The second-order valence-electron chi connectivity index (χ2n) is 5.72. The zero-order valence-electron chi connectivity index (χ0n) is 14.4. The molecular formula is C17H27N3O2S. The van der Waals surface area contributed by atoms with E-state index in [1.807, 2.05) is 6.92 Å². The summed E-state index contributed by atoms with van der Waals surface area (Å²) in [5, 5.41) is 0.763. The van der Waals surface area contributed by atoms with Crippen molar-refractivity contribution in [2.45, 2.75) is 45.1 Å². The van der Waals surface area contributed by atoms with Crippen molar-refractivity contribution in [3.8, 4) is 0 Å². The van der Waals surface area contributed by atoms with Crippen molar-refractivity contribution >= 4 is 23.5 Å². The number of hydrogen-bond acceptors (Lipinski definition) is 5. The van der Waals surface area contributed by atoms with Crippen LogP contribution in [0.25, 0.3) is 0 Å². The Morgan fingerprint density at radius 3 is 2.61 bits per heavy atom. The minimum atomic E-state index is -0.378. The van der Waals surface area contributed by atoms with Gasteiger partial charge < -0.3 is 15.4 Å². The predicted octanol–water partition coefficient (Wildman–Crippen LogP) is 2.78. The fraction of sp³-hybridized carbons (Fsp3) is 0.647. The molecule has 1 aliphatic rings. The molecule has 128 valence electrons. The van der Waals surface area contributed by atoms with Gasteiger partial charge in [0.1, 0.15) is 10.8 Å². The van der Waals surface area contributed by atoms with E-state index in [9.17, 15) is 4.79 Å². The monoisotopic (exact) mass is 337 g/mol. The summed E-state index contributed by atoms with van der Waals surface area (Å²) < 4.78 is 5.46. The van der Waals surface area contributed by atoms with E-state index < -0.39 is 0 Å². The maximum atomic E-state index is 12.0. The predicted molar refractivity (Wildman–Crippen MR) is 95.5 cm³/mol. The topological polar surface area (TPSA) is 68.4 Å². The Labute approximate surface area is 143 Å². The highest BCUT2D eigenvalue weighted by molar-refractivity contribution is 7.99. The van der Waals surface area contributed by atoms with E-state index in [-0.39, 0.29) is 5.91 Å². The first-order valence-electron chi connectivity index (χ1n) is 8.38. The Bertz CT molecular complexity index is 557. The number of nitrogens with two attached hydrogens (primary N) is 1. The number of anilines is 1. The number of morpholine rings is 1. The highest BCUT2D eigenvalue weighted by Crippen LogP contribution is 2.33. The van der Waals surface area contributed by atoms with Crippen molar-refractivity contribution < 1.29 is 9.53 Å². The quantitative estimate of drug-likeness (QED) is 0.775. The summed E-state index contributed by atoms with van der Waals surface area (Å²) in [5.74, 6) is 1.50.